The first kappa shape index (κ1) is 14.4. The molecule has 1 atom stereocenters. The molecule has 0 radical (unpaired) electrons. The molecule has 0 saturated carbocycles. The van der Waals surface area contributed by atoms with Crippen molar-refractivity contribution < 1.29 is 14.3 Å². The number of carbonyl (C=O) groups is 1. The van der Waals surface area contributed by atoms with Crippen LogP contribution in [0.5, 0.6) is 11.5 Å². The topological polar surface area (TPSA) is 61.6 Å². The van der Waals surface area contributed by atoms with Gasteiger partial charge in [0.15, 0.2) is 11.5 Å². The lowest BCUT2D eigenvalue weighted by atomic mass is 9.89. The highest BCUT2D eigenvalue weighted by Crippen LogP contribution is 2.36. The van der Waals surface area contributed by atoms with Gasteiger partial charge in [0.1, 0.15) is 0 Å². The summed E-state index contributed by atoms with van der Waals surface area (Å²) in [6.07, 6.45) is 1.68. The Morgan fingerprint density at radius 3 is 2.86 bits per heavy atom. The van der Waals surface area contributed by atoms with Crippen molar-refractivity contribution in [3.05, 3.63) is 59.2 Å². The lowest BCUT2D eigenvalue weighted by Gasteiger charge is -2.27. The van der Waals surface area contributed by atoms with Crippen molar-refractivity contribution in [1.82, 2.24) is 0 Å². The number of para-hydroxylation sites is 1. The van der Waals surface area contributed by atoms with Crippen LogP contribution in [0.3, 0.4) is 0 Å². The first-order valence-corrected chi connectivity index (χ1v) is 7.35. The summed E-state index contributed by atoms with van der Waals surface area (Å²) in [7, 11) is 1.65. The molecular formula is C18H19NO3. The molecule has 0 aliphatic carbocycles. The molecule has 0 spiro atoms. The van der Waals surface area contributed by atoms with Crippen LogP contribution in [0.1, 0.15) is 21.5 Å². The third-order valence-electron chi connectivity index (χ3n) is 4.04. The number of benzene rings is 2. The molecule has 1 amide bonds. The van der Waals surface area contributed by atoms with Crippen molar-refractivity contribution in [2.75, 3.05) is 13.7 Å². The molecule has 22 heavy (non-hydrogen) atoms. The van der Waals surface area contributed by atoms with E-state index < -0.39 is 0 Å². The Hall–Kier alpha value is -2.49. The van der Waals surface area contributed by atoms with Crippen LogP contribution in [0.4, 0.5) is 0 Å². The van der Waals surface area contributed by atoms with Crippen LogP contribution in [0, 0.1) is 5.92 Å². The fraction of sp³-hybridized carbons (Fsp3) is 0.278. The van der Waals surface area contributed by atoms with E-state index in [-0.39, 0.29) is 5.91 Å². The SMILES string of the molecule is COc1cccc2c1OC[C@@H](Cc1ccccc1C(N)=O)C2. The minimum atomic E-state index is -0.380. The maximum Gasteiger partial charge on any atom is 0.248 e. The van der Waals surface area contributed by atoms with Gasteiger partial charge >= 0.3 is 0 Å². The molecule has 1 aliphatic heterocycles. The molecule has 1 aliphatic rings. The summed E-state index contributed by atoms with van der Waals surface area (Å²) < 4.78 is 11.2. The minimum Gasteiger partial charge on any atom is -0.493 e. The second kappa shape index (κ2) is 6.10. The number of primary amides is 1. The van der Waals surface area contributed by atoms with E-state index in [4.69, 9.17) is 15.2 Å². The van der Waals surface area contributed by atoms with E-state index in [0.29, 0.717) is 18.1 Å². The summed E-state index contributed by atoms with van der Waals surface area (Å²) in [5, 5.41) is 0. The second-order valence-corrected chi connectivity index (χ2v) is 5.56. The van der Waals surface area contributed by atoms with Crippen molar-refractivity contribution in [2.45, 2.75) is 12.8 Å². The Morgan fingerprint density at radius 2 is 2.09 bits per heavy atom. The fourth-order valence-corrected chi connectivity index (χ4v) is 3.00. The average molecular weight is 297 g/mol. The van der Waals surface area contributed by atoms with Gasteiger partial charge in [0, 0.05) is 11.5 Å². The number of rotatable bonds is 4. The molecule has 1 heterocycles. The molecule has 2 aromatic rings. The van der Waals surface area contributed by atoms with E-state index in [1.807, 2.05) is 30.3 Å². The Balaban J connectivity index is 1.80. The summed E-state index contributed by atoms with van der Waals surface area (Å²) in [5.74, 6) is 1.55. The fourth-order valence-electron chi connectivity index (χ4n) is 3.00. The first-order valence-electron chi connectivity index (χ1n) is 7.35. The van der Waals surface area contributed by atoms with Crippen LogP contribution in [0.15, 0.2) is 42.5 Å². The molecular weight excluding hydrogens is 278 g/mol. The number of hydrogen-bond acceptors (Lipinski definition) is 3. The number of methoxy groups -OCH3 is 1. The molecule has 2 N–H and O–H groups in total. The number of ether oxygens (including phenoxy) is 2. The van der Waals surface area contributed by atoms with Crippen LogP contribution in [-0.2, 0) is 12.8 Å². The Bertz CT molecular complexity index is 696. The molecule has 4 heteroatoms. The Morgan fingerprint density at radius 1 is 1.27 bits per heavy atom. The molecule has 0 fully saturated rings. The summed E-state index contributed by atoms with van der Waals surface area (Å²) in [5.41, 5.74) is 8.17. The van der Waals surface area contributed by atoms with Gasteiger partial charge in [-0.05, 0) is 36.1 Å². The standard InChI is InChI=1S/C18H19NO3/c1-21-16-8-4-6-14-10-12(11-22-17(14)16)9-13-5-2-3-7-15(13)18(19)20/h2-8,12H,9-11H2,1H3,(H2,19,20)/t12-/m0/s1. The molecule has 0 saturated heterocycles. The highest BCUT2D eigenvalue weighted by atomic mass is 16.5. The second-order valence-electron chi connectivity index (χ2n) is 5.56. The van der Waals surface area contributed by atoms with E-state index in [0.717, 1.165) is 35.5 Å². The van der Waals surface area contributed by atoms with Crippen molar-refractivity contribution >= 4 is 5.91 Å². The Labute approximate surface area is 129 Å². The summed E-state index contributed by atoms with van der Waals surface area (Å²) >= 11 is 0. The third kappa shape index (κ3) is 2.77. The van der Waals surface area contributed by atoms with Crippen LogP contribution in [0.2, 0.25) is 0 Å². The predicted molar refractivity (Wildman–Crippen MR) is 84.3 cm³/mol. The van der Waals surface area contributed by atoms with Gasteiger partial charge in [0.2, 0.25) is 5.91 Å². The maximum atomic E-state index is 11.5. The maximum absolute atomic E-state index is 11.5. The first-order chi connectivity index (χ1) is 10.7. The van der Waals surface area contributed by atoms with Gasteiger partial charge in [-0.15, -0.1) is 0 Å². The van der Waals surface area contributed by atoms with Crippen molar-refractivity contribution in [3.8, 4) is 11.5 Å². The van der Waals surface area contributed by atoms with Crippen LogP contribution in [-0.4, -0.2) is 19.6 Å². The number of nitrogens with two attached hydrogens (primary N) is 1. The number of amides is 1. The monoisotopic (exact) mass is 297 g/mol. The van der Waals surface area contributed by atoms with Crippen molar-refractivity contribution in [1.29, 1.82) is 0 Å². The minimum absolute atomic E-state index is 0.320. The zero-order valence-corrected chi connectivity index (χ0v) is 12.5. The normalized spacial score (nSPS) is 16.5. The third-order valence-corrected chi connectivity index (χ3v) is 4.04. The highest BCUT2D eigenvalue weighted by molar-refractivity contribution is 5.94. The molecule has 0 bridgehead atoms. The highest BCUT2D eigenvalue weighted by Gasteiger charge is 2.23. The van der Waals surface area contributed by atoms with E-state index in [1.165, 1.54) is 0 Å². The van der Waals surface area contributed by atoms with Crippen LogP contribution in [0.25, 0.3) is 0 Å². The average Bonchev–Trinajstić information content (AvgIpc) is 2.54. The summed E-state index contributed by atoms with van der Waals surface area (Å²) in [4.78, 5) is 11.5. The lowest BCUT2D eigenvalue weighted by molar-refractivity contribution is 0.0999. The molecule has 4 nitrogen and oxygen atoms in total. The van der Waals surface area contributed by atoms with E-state index in [9.17, 15) is 4.79 Å². The summed E-state index contributed by atoms with van der Waals surface area (Å²) in [6, 6.07) is 13.4. The van der Waals surface area contributed by atoms with Gasteiger partial charge in [-0.1, -0.05) is 30.3 Å². The van der Waals surface area contributed by atoms with Crippen molar-refractivity contribution in [3.63, 3.8) is 0 Å². The molecule has 0 unspecified atom stereocenters. The molecule has 0 aromatic heterocycles. The van der Waals surface area contributed by atoms with Crippen LogP contribution >= 0.6 is 0 Å². The van der Waals surface area contributed by atoms with E-state index in [2.05, 4.69) is 6.07 Å². The zero-order chi connectivity index (χ0) is 15.5. The molecule has 114 valence electrons. The Kier molecular flexibility index (Phi) is 4.00. The van der Waals surface area contributed by atoms with Gasteiger partial charge in [0.25, 0.3) is 0 Å². The lowest BCUT2D eigenvalue weighted by Crippen LogP contribution is -2.24. The van der Waals surface area contributed by atoms with Gasteiger partial charge in [-0.2, -0.15) is 0 Å². The largest absolute Gasteiger partial charge is 0.493 e. The van der Waals surface area contributed by atoms with Crippen LogP contribution < -0.4 is 15.2 Å². The van der Waals surface area contributed by atoms with Gasteiger partial charge in [-0.25, -0.2) is 0 Å². The number of carbonyl (C=O) groups excluding carboxylic acids is 1. The van der Waals surface area contributed by atoms with Gasteiger partial charge in [0.05, 0.1) is 13.7 Å². The van der Waals surface area contributed by atoms with Crippen molar-refractivity contribution in [2.24, 2.45) is 11.7 Å². The van der Waals surface area contributed by atoms with Gasteiger partial charge in [-0.3, -0.25) is 4.79 Å². The quantitative estimate of drug-likeness (QED) is 0.943. The zero-order valence-electron chi connectivity index (χ0n) is 12.5. The molecule has 2 aromatic carbocycles. The van der Waals surface area contributed by atoms with E-state index in [1.54, 1.807) is 13.2 Å². The number of hydrogen-bond donors (Lipinski definition) is 1. The van der Waals surface area contributed by atoms with Gasteiger partial charge < -0.3 is 15.2 Å². The smallest absolute Gasteiger partial charge is 0.248 e. The predicted octanol–water partition coefficient (Wildman–Crippen LogP) is 2.59. The summed E-state index contributed by atoms with van der Waals surface area (Å²) in [6.45, 7) is 0.612. The van der Waals surface area contributed by atoms with E-state index >= 15 is 0 Å². The number of fused-ring (bicyclic) bond motifs is 1. The molecule has 3 rings (SSSR count).